The van der Waals surface area contributed by atoms with Crippen molar-refractivity contribution in [3.8, 4) is 0 Å². The number of hydrogen-bond donors (Lipinski definition) is 0. The lowest BCUT2D eigenvalue weighted by molar-refractivity contribution is -0.0420. The Balaban J connectivity index is 1.96. The van der Waals surface area contributed by atoms with Crippen molar-refractivity contribution in [3.05, 3.63) is 22.4 Å². The van der Waals surface area contributed by atoms with Crippen LogP contribution in [0.3, 0.4) is 0 Å². The highest BCUT2D eigenvalue weighted by Crippen LogP contribution is 2.26. The Morgan fingerprint density at radius 1 is 1.56 bits per heavy atom. The van der Waals surface area contributed by atoms with Gasteiger partial charge in [-0.25, -0.2) is 4.79 Å². The molecule has 1 unspecified atom stereocenters. The van der Waals surface area contributed by atoms with Gasteiger partial charge in [0.25, 0.3) is 0 Å². The van der Waals surface area contributed by atoms with Crippen LogP contribution in [0.4, 0.5) is 4.79 Å². The molecule has 1 aromatic rings. The van der Waals surface area contributed by atoms with Crippen LogP contribution in [0, 0.1) is 0 Å². The fraction of sp³-hybridized carbons (Fsp3) is 0.615. The van der Waals surface area contributed by atoms with E-state index in [4.69, 9.17) is 9.47 Å². The molecule has 5 heteroatoms. The second-order valence-electron chi connectivity index (χ2n) is 5.30. The Hall–Kier alpha value is -1.07. The van der Waals surface area contributed by atoms with Gasteiger partial charge in [-0.3, -0.25) is 0 Å². The Labute approximate surface area is 111 Å². The minimum atomic E-state index is -0.451. The molecule has 1 amide bonds. The number of thiophene rings is 1. The molecule has 1 fully saturated rings. The number of hydrogen-bond acceptors (Lipinski definition) is 4. The molecule has 4 nitrogen and oxygen atoms in total. The number of carbonyl (C=O) groups excluding carboxylic acids is 1. The molecule has 0 aliphatic carbocycles. The SMILES string of the molecule is CC(C)(C)OC(=O)N1CCOC(c2cccs2)C1. The molecule has 1 aromatic heterocycles. The number of amides is 1. The van der Waals surface area contributed by atoms with Gasteiger partial charge in [-0.05, 0) is 32.2 Å². The zero-order valence-corrected chi connectivity index (χ0v) is 11.8. The summed E-state index contributed by atoms with van der Waals surface area (Å²) in [5, 5.41) is 2.02. The fourth-order valence-electron chi connectivity index (χ4n) is 1.79. The van der Waals surface area contributed by atoms with Crippen molar-refractivity contribution in [2.24, 2.45) is 0 Å². The van der Waals surface area contributed by atoms with Gasteiger partial charge in [-0.2, -0.15) is 0 Å². The van der Waals surface area contributed by atoms with E-state index in [0.717, 1.165) is 4.88 Å². The lowest BCUT2D eigenvalue weighted by Gasteiger charge is -2.33. The maximum absolute atomic E-state index is 12.0. The van der Waals surface area contributed by atoms with E-state index >= 15 is 0 Å². The zero-order chi connectivity index (χ0) is 13.2. The summed E-state index contributed by atoms with van der Waals surface area (Å²) in [7, 11) is 0. The molecule has 2 heterocycles. The number of carbonyl (C=O) groups is 1. The highest BCUT2D eigenvalue weighted by atomic mass is 32.1. The first-order valence-electron chi connectivity index (χ1n) is 6.08. The molecule has 1 atom stereocenters. The summed E-state index contributed by atoms with van der Waals surface area (Å²) in [5.41, 5.74) is -0.451. The van der Waals surface area contributed by atoms with Crippen LogP contribution in [-0.2, 0) is 9.47 Å². The molecule has 0 spiro atoms. The summed E-state index contributed by atoms with van der Waals surface area (Å²) < 4.78 is 11.1. The van der Waals surface area contributed by atoms with Crippen molar-refractivity contribution in [2.75, 3.05) is 19.7 Å². The van der Waals surface area contributed by atoms with Crippen LogP contribution in [0.5, 0.6) is 0 Å². The maximum atomic E-state index is 12.0. The lowest BCUT2D eigenvalue weighted by Crippen LogP contribution is -2.44. The van der Waals surface area contributed by atoms with Gasteiger partial charge in [0.1, 0.15) is 11.7 Å². The third-order valence-electron chi connectivity index (χ3n) is 2.58. The van der Waals surface area contributed by atoms with Crippen LogP contribution in [0.2, 0.25) is 0 Å². The molecule has 100 valence electrons. The van der Waals surface area contributed by atoms with E-state index in [1.54, 1.807) is 16.2 Å². The average molecular weight is 269 g/mol. The van der Waals surface area contributed by atoms with E-state index in [1.165, 1.54) is 0 Å². The van der Waals surface area contributed by atoms with Gasteiger partial charge in [0.15, 0.2) is 0 Å². The monoisotopic (exact) mass is 269 g/mol. The first-order valence-corrected chi connectivity index (χ1v) is 6.96. The van der Waals surface area contributed by atoms with E-state index in [2.05, 4.69) is 0 Å². The number of morpholine rings is 1. The van der Waals surface area contributed by atoms with Crippen LogP contribution >= 0.6 is 11.3 Å². The van der Waals surface area contributed by atoms with Crippen LogP contribution in [0.15, 0.2) is 17.5 Å². The van der Waals surface area contributed by atoms with E-state index in [1.807, 2.05) is 38.3 Å². The molecule has 1 saturated heterocycles. The Bertz CT molecular complexity index is 397. The molecule has 0 aromatic carbocycles. The highest BCUT2D eigenvalue weighted by Gasteiger charge is 2.29. The van der Waals surface area contributed by atoms with Crippen LogP contribution in [0.25, 0.3) is 0 Å². The third-order valence-corrected chi connectivity index (χ3v) is 3.54. The molecule has 0 radical (unpaired) electrons. The first-order chi connectivity index (χ1) is 8.46. The van der Waals surface area contributed by atoms with E-state index in [-0.39, 0.29) is 12.2 Å². The largest absolute Gasteiger partial charge is 0.444 e. The summed E-state index contributed by atoms with van der Waals surface area (Å²) in [5.74, 6) is 0. The van der Waals surface area contributed by atoms with E-state index in [9.17, 15) is 4.79 Å². The van der Waals surface area contributed by atoms with Crippen LogP contribution < -0.4 is 0 Å². The second-order valence-corrected chi connectivity index (χ2v) is 6.28. The minimum Gasteiger partial charge on any atom is -0.444 e. The Morgan fingerprint density at radius 2 is 2.33 bits per heavy atom. The van der Waals surface area contributed by atoms with Gasteiger partial charge in [-0.1, -0.05) is 6.07 Å². The molecule has 1 aliphatic heterocycles. The van der Waals surface area contributed by atoms with Gasteiger partial charge in [0.2, 0.25) is 0 Å². The molecule has 0 N–H and O–H groups in total. The fourth-order valence-corrected chi connectivity index (χ4v) is 2.55. The summed E-state index contributed by atoms with van der Waals surface area (Å²) in [6.45, 7) is 7.35. The summed E-state index contributed by atoms with van der Waals surface area (Å²) in [4.78, 5) is 14.9. The predicted octanol–water partition coefficient (Wildman–Crippen LogP) is 3.06. The normalized spacial score (nSPS) is 20.8. The van der Waals surface area contributed by atoms with Crippen molar-refractivity contribution >= 4 is 17.4 Å². The molecular weight excluding hydrogens is 250 g/mol. The van der Waals surface area contributed by atoms with Crippen molar-refractivity contribution < 1.29 is 14.3 Å². The van der Waals surface area contributed by atoms with Gasteiger partial charge in [-0.15, -0.1) is 11.3 Å². The molecule has 1 aliphatic rings. The van der Waals surface area contributed by atoms with Gasteiger partial charge in [0.05, 0.1) is 13.2 Å². The van der Waals surface area contributed by atoms with Gasteiger partial charge < -0.3 is 14.4 Å². The quantitative estimate of drug-likeness (QED) is 0.786. The topological polar surface area (TPSA) is 38.8 Å². The Kier molecular flexibility index (Phi) is 3.92. The summed E-state index contributed by atoms with van der Waals surface area (Å²) in [6, 6.07) is 4.03. The highest BCUT2D eigenvalue weighted by molar-refractivity contribution is 7.10. The Morgan fingerprint density at radius 3 is 2.94 bits per heavy atom. The standard InChI is InChI=1S/C13H19NO3S/c1-13(2,3)17-12(15)14-6-7-16-10(9-14)11-5-4-8-18-11/h4-5,8,10H,6-7,9H2,1-3H3. The smallest absolute Gasteiger partial charge is 0.410 e. The van der Waals surface area contributed by atoms with Gasteiger partial charge >= 0.3 is 6.09 Å². The number of rotatable bonds is 1. The molecule has 18 heavy (non-hydrogen) atoms. The maximum Gasteiger partial charge on any atom is 0.410 e. The summed E-state index contributed by atoms with van der Waals surface area (Å²) in [6.07, 6.45) is -0.279. The second kappa shape index (κ2) is 5.28. The van der Waals surface area contributed by atoms with Crippen LogP contribution in [0.1, 0.15) is 31.8 Å². The molecular formula is C13H19NO3S. The van der Waals surface area contributed by atoms with Gasteiger partial charge in [0, 0.05) is 11.4 Å². The van der Waals surface area contributed by atoms with Crippen molar-refractivity contribution in [2.45, 2.75) is 32.5 Å². The average Bonchev–Trinajstić information content (AvgIpc) is 2.80. The zero-order valence-electron chi connectivity index (χ0n) is 11.0. The van der Waals surface area contributed by atoms with Crippen molar-refractivity contribution in [3.63, 3.8) is 0 Å². The van der Waals surface area contributed by atoms with Crippen LogP contribution in [-0.4, -0.2) is 36.3 Å². The lowest BCUT2D eigenvalue weighted by atomic mass is 10.2. The molecule has 2 rings (SSSR count). The van der Waals surface area contributed by atoms with Crippen molar-refractivity contribution in [1.29, 1.82) is 0 Å². The van der Waals surface area contributed by atoms with Crippen molar-refractivity contribution in [1.82, 2.24) is 4.90 Å². The molecule has 0 bridgehead atoms. The minimum absolute atomic E-state index is 0.0220. The first kappa shape index (κ1) is 13.4. The predicted molar refractivity (Wildman–Crippen MR) is 70.8 cm³/mol. The molecule has 0 saturated carbocycles. The number of ether oxygens (including phenoxy) is 2. The van der Waals surface area contributed by atoms with E-state index < -0.39 is 5.60 Å². The summed E-state index contributed by atoms with van der Waals surface area (Å²) >= 11 is 1.65. The number of nitrogens with zero attached hydrogens (tertiary/aromatic N) is 1. The van der Waals surface area contributed by atoms with E-state index in [0.29, 0.717) is 19.7 Å². The third kappa shape index (κ3) is 3.46.